The Balaban J connectivity index is 1.75. The zero-order chi connectivity index (χ0) is 20.1. The molecule has 2 aliphatic rings. The van der Waals surface area contributed by atoms with E-state index >= 15 is 0 Å². The van der Waals surface area contributed by atoms with Gasteiger partial charge in [-0.25, -0.2) is 15.3 Å². The number of alkyl halides is 3. The van der Waals surface area contributed by atoms with Gasteiger partial charge in [0.15, 0.2) is 0 Å². The third kappa shape index (κ3) is 2.73. The van der Waals surface area contributed by atoms with Crippen LogP contribution in [-0.2, 0) is 16.6 Å². The van der Waals surface area contributed by atoms with Gasteiger partial charge in [-0.2, -0.15) is 18.5 Å². The molecule has 2 aromatic rings. The lowest BCUT2D eigenvalue weighted by atomic mass is 10.0. The second-order valence-corrected chi connectivity index (χ2v) is 6.50. The maximum atomic E-state index is 13.0. The van der Waals surface area contributed by atoms with E-state index in [1.165, 1.54) is 17.0 Å². The summed E-state index contributed by atoms with van der Waals surface area (Å²) in [7, 11) is 1.64. The van der Waals surface area contributed by atoms with Gasteiger partial charge in [0, 0.05) is 7.05 Å². The van der Waals surface area contributed by atoms with Crippen molar-refractivity contribution in [3.05, 3.63) is 59.7 Å². The van der Waals surface area contributed by atoms with Crippen LogP contribution in [0.1, 0.15) is 11.1 Å². The molecule has 0 saturated carbocycles. The van der Waals surface area contributed by atoms with Crippen molar-refractivity contribution in [2.45, 2.75) is 11.8 Å². The third-order valence-corrected chi connectivity index (χ3v) is 4.65. The number of likely N-dealkylation sites (N-methyl/N-ethyl adjacent to an activating group) is 1. The Kier molecular flexibility index (Phi) is 3.81. The Bertz CT molecular complexity index is 1030. The van der Waals surface area contributed by atoms with Gasteiger partial charge >= 0.3 is 29.7 Å². The average Bonchev–Trinajstić information content (AvgIpc) is 2.83. The van der Waals surface area contributed by atoms with Gasteiger partial charge in [0.25, 0.3) is 0 Å². The van der Waals surface area contributed by atoms with Crippen LogP contribution >= 0.6 is 0 Å². The highest BCUT2D eigenvalue weighted by Crippen LogP contribution is 2.33. The number of guanidine groups is 2. The van der Waals surface area contributed by atoms with Gasteiger partial charge in [0.1, 0.15) is 0 Å². The van der Waals surface area contributed by atoms with Crippen molar-refractivity contribution in [3.63, 3.8) is 0 Å². The van der Waals surface area contributed by atoms with Gasteiger partial charge in [-0.15, -0.1) is 0 Å². The van der Waals surface area contributed by atoms with Crippen molar-refractivity contribution in [1.29, 1.82) is 0 Å². The van der Waals surface area contributed by atoms with Crippen LogP contribution in [-0.4, -0.2) is 24.9 Å². The molecule has 6 N–H and O–H groups in total. The minimum atomic E-state index is -4.47. The van der Waals surface area contributed by atoms with Crippen molar-refractivity contribution >= 4 is 29.2 Å². The molecule has 1 atom stereocenters. The molecule has 1 spiro atoms. The molecule has 0 radical (unpaired) electrons. The minimum Gasteiger partial charge on any atom is -0.308 e. The lowest BCUT2D eigenvalue weighted by Crippen LogP contribution is -3.14. The monoisotopic (exact) mass is 390 g/mol. The van der Waals surface area contributed by atoms with Crippen LogP contribution in [0.2, 0.25) is 0 Å². The predicted octanol–water partition coefficient (Wildman–Crippen LogP) is -1.62. The van der Waals surface area contributed by atoms with Gasteiger partial charge in [-0.3, -0.25) is 10.5 Å². The second kappa shape index (κ2) is 5.98. The third-order valence-electron chi connectivity index (χ3n) is 4.65. The number of nitrogens with zero attached hydrogens (tertiary/aromatic N) is 1. The standard InChI is InChI=1S/C18H15F3N6O/c1-27-13-8-3-2-7-12(13)17(14(27)28)25-15(22)24-16(26-17)23-11-6-4-5-10(9-11)18(19,20)21/h2-9H,1H3,(H4,22,23,24,25,26)/p+2/t17-/m0/s1. The van der Waals surface area contributed by atoms with Gasteiger partial charge in [0.2, 0.25) is 0 Å². The summed E-state index contributed by atoms with van der Waals surface area (Å²) in [4.78, 5) is 20.4. The maximum Gasteiger partial charge on any atom is 0.416 e. The Hall–Kier alpha value is -3.56. The highest BCUT2D eigenvalue weighted by atomic mass is 19.4. The molecule has 0 unspecified atom stereocenters. The van der Waals surface area contributed by atoms with Crippen LogP contribution in [0.25, 0.3) is 0 Å². The average molecular weight is 390 g/mol. The lowest BCUT2D eigenvalue weighted by Gasteiger charge is -2.22. The zero-order valence-corrected chi connectivity index (χ0v) is 14.7. The first-order chi connectivity index (χ1) is 13.2. The molecular formula is C18H17F3N6O+2. The van der Waals surface area contributed by atoms with E-state index in [9.17, 15) is 18.0 Å². The molecule has 10 heteroatoms. The summed E-state index contributed by atoms with van der Waals surface area (Å²) >= 11 is 0. The Morgan fingerprint density at radius 1 is 1.14 bits per heavy atom. The molecule has 144 valence electrons. The van der Waals surface area contributed by atoms with Crippen molar-refractivity contribution in [2.24, 2.45) is 5.73 Å². The summed E-state index contributed by atoms with van der Waals surface area (Å²) in [6.45, 7) is 0. The Morgan fingerprint density at radius 3 is 2.64 bits per heavy atom. The number of benzene rings is 2. The van der Waals surface area contributed by atoms with E-state index in [-0.39, 0.29) is 23.5 Å². The van der Waals surface area contributed by atoms with E-state index in [4.69, 9.17) is 5.73 Å². The number of halogens is 3. The first-order valence-corrected chi connectivity index (χ1v) is 8.35. The van der Waals surface area contributed by atoms with Crippen LogP contribution in [0, 0.1) is 0 Å². The molecule has 0 bridgehead atoms. The maximum absolute atomic E-state index is 13.0. The number of fused-ring (bicyclic) bond motifs is 2. The van der Waals surface area contributed by atoms with Gasteiger partial charge in [-0.05, 0) is 30.3 Å². The number of rotatable bonds is 1. The fraction of sp³-hybridized carbons (Fsp3) is 0.167. The van der Waals surface area contributed by atoms with Gasteiger partial charge < -0.3 is 4.90 Å². The highest BCUT2D eigenvalue weighted by molar-refractivity contribution is 6.07. The van der Waals surface area contributed by atoms with Crippen LogP contribution in [0.15, 0.2) is 48.5 Å². The van der Waals surface area contributed by atoms with E-state index in [1.807, 2.05) is 0 Å². The number of hydrogen-bond acceptors (Lipinski definition) is 4. The first-order valence-electron chi connectivity index (χ1n) is 8.35. The quantitative estimate of drug-likeness (QED) is 0.404. The summed E-state index contributed by atoms with van der Waals surface area (Å²) in [5.74, 6) is -0.0535. The highest BCUT2D eigenvalue weighted by Gasteiger charge is 2.55. The largest absolute Gasteiger partial charge is 0.416 e. The number of anilines is 2. The molecule has 0 saturated heterocycles. The summed E-state index contributed by atoms with van der Waals surface area (Å²) in [5.41, 5.74) is 5.30. The van der Waals surface area contributed by atoms with Crippen molar-refractivity contribution in [2.75, 3.05) is 17.3 Å². The summed E-state index contributed by atoms with van der Waals surface area (Å²) in [6.07, 6.45) is -4.47. The number of nitrogens with one attached hydrogen (secondary N) is 4. The molecule has 1 amide bonds. The molecule has 0 aliphatic carbocycles. The molecular weight excluding hydrogens is 373 g/mol. The minimum absolute atomic E-state index is 0.0756. The number of nitrogens with two attached hydrogens (primary N) is 1. The molecule has 2 aromatic carbocycles. The van der Waals surface area contributed by atoms with E-state index in [2.05, 4.69) is 20.6 Å². The first kappa shape index (κ1) is 17.8. The topological polar surface area (TPSA) is 98.3 Å². The molecule has 0 fully saturated rings. The number of hydrogen-bond donors (Lipinski definition) is 5. The lowest BCUT2D eigenvalue weighted by molar-refractivity contribution is -0.789. The number of carbonyl (C=O) groups is 1. The van der Waals surface area contributed by atoms with E-state index in [1.54, 1.807) is 31.3 Å². The zero-order valence-electron chi connectivity index (χ0n) is 14.7. The van der Waals surface area contributed by atoms with E-state index < -0.39 is 17.4 Å². The smallest absolute Gasteiger partial charge is 0.308 e. The molecule has 4 rings (SSSR count). The Morgan fingerprint density at radius 2 is 1.89 bits per heavy atom. The van der Waals surface area contributed by atoms with Crippen molar-refractivity contribution in [3.8, 4) is 0 Å². The molecule has 7 nitrogen and oxygen atoms in total. The van der Waals surface area contributed by atoms with Crippen molar-refractivity contribution < 1.29 is 28.0 Å². The fourth-order valence-electron chi connectivity index (χ4n) is 3.40. The number of amides is 1. The summed E-state index contributed by atoms with van der Waals surface area (Å²) in [5, 5.41) is 5.59. The molecule has 2 aliphatic heterocycles. The van der Waals surface area contributed by atoms with Crippen LogP contribution in [0.5, 0.6) is 0 Å². The Labute approximate surface area is 157 Å². The molecule has 0 aromatic heterocycles. The van der Waals surface area contributed by atoms with Gasteiger partial charge in [0.05, 0.1) is 22.5 Å². The number of para-hydroxylation sites is 1. The fourth-order valence-corrected chi connectivity index (χ4v) is 3.40. The van der Waals surface area contributed by atoms with Crippen molar-refractivity contribution in [1.82, 2.24) is 5.32 Å². The SMILES string of the molecule is CN1C(=O)[C@]2([NH+]=C(N)NC(Nc3cccc(C(F)(F)F)c3)=[NH+]2)c2ccccc21. The second-order valence-electron chi connectivity index (χ2n) is 6.50. The number of carbonyl (C=O) groups excluding carboxylic acids is 1. The van der Waals surface area contributed by atoms with E-state index in [0.29, 0.717) is 11.3 Å². The van der Waals surface area contributed by atoms with Crippen LogP contribution < -0.4 is 31.3 Å². The van der Waals surface area contributed by atoms with Crippen LogP contribution in [0.3, 0.4) is 0 Å². The molecule has 2 heterocycles. The normalized spacial score (nSPS) is 21.1. The summed E-state index contributed by atoms with van der Waals surface area (Å²) < 4.78 is 38.9. The predicted molar refractivity (Wildman–Crippen MR) is 95.9 cm³/mol. The van der Waals surface area contributed by atoms with Crippen LogP contribution in [0.4, 0.5) is 24.5 Å². The summed E-state index contributed by atoms with van der Waals surface area (Å²) in [6, 6.07) is 11.9. The van der Waals surface area contributed by atoms with E-state index in [0.717, 1.165) is 12.1 Å². The molecule has 28 heavy (non-hydrogen) atoms. The van der Waals surface area contributed by atoms with Gasteiger partial charge in [-0.1, -0.05) is 18.2 Å².